The minimum absolute atomic E-state index is 0.0525. The molecule has 7 heteroatoms. The quantitative estimate of drug-likeness (QED) is 0.808. The van der Waals surface area contributed by atoms with E-state index in [2.05, 4.69) is 38.1 Å². The number of dihydropyridines is 1. The van der Waals surface area contributed by atoms with Gasteiger partial charge in [-0.25, -0.2) is 4.98 Å². The molecule has 1 amide bonds. The maximum atomic E-state index is 13.2. The summed E-state index contributed by atoms with van der Waals surface area (Å²) < 4.78 is 5.45. The van der Waals surface area contributed by atoms with E-state index >= 15 is 0 Å². The Morgan fingerprint density at radius 3 is 2.89 bits per heavy atom. The van der Waals surface area contributed by atoms with Crippen molar-refractivity contribution in [2.24, 2.45) is 4.99 Å². The molecule has 0 saturated carbocycles. The molecule has 3 aliphatic heterocycles. The number of hydrogen-bond donors (Lipinski definition) is 1. The van der Waals surface area contributed by atoms with Crippen LogP contribution in [0.25, 0.3) is 0 Å². The maximum Gasteiger partial charge on any atom is 0.256 e. The van der Waals surface area contributed by atoms with Crippen molar-refractivity contribution in [3.63, 3.8) is 0 Å². The van der Waals surface area contributed by atoms with Gasteiger partial charge >= 0.3 is 0 Å². The van der Waals surface area contributed by atoms with E-state index in [1.807, 2.05) is 11.8 Å². The van der Waals surface area contributed by atoms with Gasteiger partial charge in [0.15, 0.2) is 0 Å². The summed E-state index contributed by atoms with van der Waals surface area (Å²) >= 11 is 0. The zero-order chi connectivity index (χ0) is 19.3. The van der Waals surface area contributed by atoms with Crippen LogP contribution in [-0.2, 0) is 22.5 Å². The smallest absolute Gasteiger partial charge is 0.256 e. The Bertz CT molecular complexity index is 843. The van der Waals surface area contributed by atoms with E-state index in [0.29, 0.717) is 18.7 Å². The second-order valence-electron chi connectivity index (χ2n) is 7.17. The van der Waals surface area contributed by atoms with Crippen molar-refractivity contribution in [2.75, 3.05) is 39.4 Å². The highest BCUT2D eigenvalue weighted by Gasteiger charge is 2.26. The zero-order valence-electron chi connectivity index (χ0n) is 16.4. The fraction of sp³-hybridized carbons (Fsp3) is 0.476. The van der Waals surface area contributed by atoms with E-state index in [1.165, 1.54) is 5.70 Å². The molecule has 28 heavy (non-hydrogen) atoms. The molecule has 1 aromatic rings. The van der Waals surface area contributed by atoms with Crippen LogP contribution in [0.2, 0.25) is 0 Å². The lowest BCUT2D eigenvalue weighted by Gasteiger charge is -2.30. The fourth-order valence-corrected chi connectivity index (χ4v) is 3.87. The van der Waals surface area contributed by atoms with Gasteiger partial charge in [0.25, 0.3) is 5.91 Å². The molecule has 0 radical (unpaired) electrons. The van der Waals surface area contributed by atoms with Crippen LogP contribution in [0.15, 0.2) is 46.4 Å². The first-order valence-electron chi connectivity index (χ1n) is 9.96. The van der Waals surface area contributed by atoms with E-state index in [1.54, 1.807) is 12.5 Å². The number of morpholine rings is 1. The molecule has 4 heterocycles. The third-order valence-electron chi connectivity index (χ3n) is 5.50. The van der Waals surface area contributed by atoms with Crippen molar-refractivity contribution in [2.45, 2.75) is 26.3 Å². The number of hydrogen-bond acceptors (Lipinski definition) is 5. The molecule has 0 aliphatic carbocycles. The number of carbonyl (C=O) groups excluding carboxylic acids is 1. The van der Waals surface area contributed by atoms with Gasteiger partial charge in [-0.05, 0) is 25.0 Å². The van der Waals surface area contributed by atoms with Crippen molar-refractivity contribution in [3.8, 4) is 0 Å². The Labute approximate surface area is 165 Å². The van der Waals surface area contributed by atoms with Crippen LogP contribution in [0, 0.1) is 0 Å². The molecule has 1 N–H and O–H groups in total. The van der Waals surface area contributed by atoms with Gasteiger partial charge in [0.2, 0.25) is 0 Å². The average Bonchev–Trinajstić information content (AvgIpc) is 3.23. The Hall–Kier alpha value is -2.67. The van der Waals surface area contributed by atoms with E-state index in [0.717, 1.165) is 62.7 Å². The third-order valence-corrected chi connectivity index (χ3v) is 5.50. The summed E-state index contributed by atoms with van der Waals surface area (Å²) in [5.41, 5.74) is 5.04. The topological polar surface area (TPSA) is 73.8 Å². The highest BCUT2D eigenvalue weighted by atomic mass is 16.5. The van der Waals surface area contributed by atoms with Crippen molar-refractivity contribution in [1.82, 2.24) is 19.8 Å². The molecule has 0 bridgehead atoms. The summed E-state index contributed by atoms with van der Waals surface area (Å²) in [6, 6.07) is 0. The predicted octanol–water partition coefficient (Wildman–Crippen LogP) is 1.86. The summed E-state index contributed by atoms with van der Waals surface area (Å²) in [7, 11) is 0. The standard InChI is InChI=1S/C21H27N5O2/c1-2-17(25-9-11-28-12-10-25)4-3-16-5-7-22-13-18(16)21(27)26-8-6-19-20(14-26)24-15-23-19/h2-4,13,15H,5-12,14H2,1H3,(H,23,24)/b4-3-,17-2+. The largest absolute Gasteiger partial charge is 0.378 e. The molecule has 4 rings (SSSR count). The Morgan fingerprint density at radius 1 is 1.21 bits per heavy atom. The Kier molecular flexibility index (Phi) is 5.71. The number of rotatable bonds is 4. The first kappa shape index (κ1) is 18.7. The number of nitrogens with zero attached hydrogens (tertiary/aromatic N) is 4. The Morgan fingerprint density at radius 2 is 2.07 bits per heavy atom. The number of aliphatic imine (C=N–C) groups is 1. The van der Waals surface area contributed by atoms with Crippen molar-refractivity contribution in [3.05, 3.63) is 52.8 Å². The Balaban J connectivity index is 1.52. The van der Waals surface area contributed by atoms with E-state index in [9.17, 15) is 4.79 Å². The predicted molar refractivity (Wildman–Crippen MR) is 108 cm³/mol. The van der Waals surface area contributed by atoms with Gasteiger partial charge in [-0.2, -0.15) is 0 Å². The van der Waals surface area contributed by atoms with E-state index < -0.39 is 0 Å². The zero-order valence-corrected chi connectivity index (χ0v) is 16.4. The molecule has 0 unspecified atom stereocenters. The maximum absolute atomic E-state index is 13.2. The second kappa shape index (κ2) is 8.56. The minimum atomic E-state index is 0.0525. The highest BCUT2D eigenvalue weighted by molar-refractivity contribution is 6.13. The number of amides is 1. The molecule has 1 fully saturated rings. The normalized spacial score (nSPS) is 20.8. The van der Waals surface area contributed by atoms with Crippen molar-refractivity contribution in [1.29, 1.82) is 0 Å². The molecule has 0 aromatic carbocycles. The first-order chi connectivity index (χ1) is 13.8. The molecule has 148 valence electrons. The summed E-state index contributed by atoms with van der Waals surface area (Å²) in [6.07, 6.45) is 11.4. The van der Waals surface area contributed by atoms with Gasteiger partial charge in [-0.3, -0.25) is 9.79 Å². The number of ether oxygens (including phenoxy) is 1. The monoisotopic (exact) mass is 381 g/mol. The summed E-state index contributed by atoms with van der Waals surface area (Å²) in [5, 5.41) is 0. The van der Waals surface area contributed by atoms with Gasteiger partial charge < -0.3 is 19.5 Å². The minimum Gasteiger partial charge on any atom is -0.378 e. The number of H-pyrrole nitrogens is 1. The van der Waals surface area contributed by atoms with Gasteiger partial charge in [0.05, 0.1) is 43.0 Å². The molecular weight excluding hydrogens is 354 g/mol. The summed E-state index contributed by atoms with van der Waals surface area (Å²) in [6.45, 7) is 7.36. The lowest BCUT2D eigenvalue weighted by atomic mass is 10.00. The van der Waals surface area contributed by atoms with Crippen LogP contribution in [0.1, 0.15) is 24.7 Å². The summed E-state index contributed by atoms with van der Waals surface area (Å²) in [5.74, 6) is 0.0525. The molecule has 7 nitrogen and oxygen atoms in total. The average molecular weight is 381 g/mol. The first-order valence-corrected chi connectivity index (χ1v) is 9.96. The number of aromatic nitrogens is 2. The van der Waals surface area contributed by atoms with E-state index in [-0.39, 0.29) is 5.91 Å². The molecular formula is C21H27N5O2. The molecule has 0 atom stereocenters. The van der Waals surface area contributed by atoms with Crippen LogP contribution in [0.4, 0.5) is 0 Å². The number of fused-ring (bicyclic) bond motifs is 1. The van der Waals surface area contributed by atoms with Gasteiger partial charge in [0.1, 0.15) is 0 Å². The fourth-order valence-electron chi connectivity index (χ4n) is 3.87. The van der Waals surface area contributed by atoms with Crippen LogP contribution in [0.5, 0.6) is 0 Å². The van der Waals surface area contributed by atoms with Crippen LogP contribution in [0.3, 0.4) is 0 Å². The van der Waals surface area contributed by atoms with Crippen LogP contribution >= 0.6 is 0 Å². The molecule has 1 aromatic heterocycles. The molecule has 1 saturated heterocycles. The van der Waals surface area contributed by atoms with E-state index in [4.69, 9.17) is 4.74 Å². The number of carbonyl (C=O) groups is 1. The van der Waals surface area contributed by atoms with Gasteiger partial charge in [0, 0.05) is 44.5 Å². The second-order valence-corrected chi connectivity index (χ2v) is 7.17. The van der Waals surface area contributed by atoms with Gasteiger partial charge in [-0.1, -0.05) is 12.2 Å². The van der Waals surface area contributed by atoms with Crippen molar-refractivity contribution >= 4 is 12.1 Å². The highest BCUT2D eigenvalue weighted by Crippen LogP contribution is 2.22. The number of nitrogens with one attached hydrogen (secondary N) is 1. The number of imidazole rings is 1. The van der Waals surface area contributed by atoms with Crippen LogP contribution in [-0.4, -0.2) is 71.3 Å². The lowest BCUT2D eigenvalue weighted by Crippen LogP contribution is -2.38. The molecule has 0 spiro atoms. The van der Waals surface area contributed by atoms with Gasteiger partial charge in [-0.15, -0.1) is 0 Å². The lowest BCUT2D eigenvalue weighted by molar-refractivity contribution is -0.127. The third kappa shape index (κ3) is 3.94. The summed E-state index contributed by atoms with van der Waals surface area (Å²) in [4.78, 5) is 29.2. The number of aromatic amines is 1. The SMILES string of the molecule is C/C=C(\C=C/C1=C(C(=O)N2CCc3nc[nH]c3C2)C=NCC1)N1CCOCC1. The number of allylic oxidation sites excluding steroid dienone is 3. The van der Waals surface area contributed by atoms with Crippen molar-refractivity contribution < 1.29 is 9.53 Å². The van der Waals surface area contributed by atoms with Crippen LogP contribution < -0.4 is 0 Å². The molecule has 3 aliphatic rings.